The number of aryl methyl sites for hydroxylation is 1. The Morgan fingerprint density at radius 1 is 1.04 bits per heavy atom. The predicted octanol–water partition coefficient (Wildman–Crippen LogP) is 3.97. The van der Waals surface area contributed by atoms with Crippen molar-refractivity contribution in [1.82, 2.24) is 10.3 Å². The Labute approximate surface area is 144 Å². The highest BCUT2D eigenvalue weighted by Gasteiger charge is 2.07. The van der Waals surface area contributed by atoms with Crippen LogP contribution in [-0.2, 0) is 11.2 Å². The summed E-state index contributed by atoms with van der Waals surface area (Å²) in [6.45, 7) is 2.36. The maximum atomic E-state index is 11.8. The second-order valence-electron chi connectivity index (χ2n) is 6.18. The van der Waals surface area contributed by atoms with Gasteiger partial charge >= 0.3 is 5.97 Å². The van der Waals surface area contributed by atoms with Gasteiger partial charge in [0.1, 0.15) is 5.69 Å². The highest BCUT2D eigenvalue weighted by atomic mass is 16.4. The van der Waals surface area contributed by atoms with Gasteiger partial charge in [-0.1, -0.05) is 57.9 Å². The van der Waals surface area contributed by atoms with Gasteiger partial charge in [-0.05, 0) is 24.5 Å². The van der Waals surface area contributed by atoms with Gasteiger partial charge in [-0.25, -0.2) is 0 Å². The number of carboxylic acids is 1. The summed E-state index contributed by atoms with van der Waals surface area (Å²) in [5.41, 5.74) is 1.48. The Bertz CT molecular complexity index is 486. The van der Waals surface area contributed by atoms with Gasteiger partial charge in [-0.2, -0.15) is 0 Å². The third-order valence-electron chi connectivity index (χ3n) is 4.00. The van der Waals surface area contributed by atoms with Crippen LogP contribution >= 0.6 is 0 Å². The summed E-state index contributed by atoms with van der Waals surface area (Å²) >= 11 is 0. The molecule has 1 rings (SSSR count). The first-order valence-corrected chi connectivity index (χ1v) is 9.08. The number of rotatable bonds is 13. The van der Waals surface area contributed by atoms with Crippen LogP contribution in [0.2, 0.25) is 0 Å². The monoisotopic (exact) mass is 334 g/mol. The van der Waals surface area contributed by atoms with Gasteiger partial charge in [0.25, 0.3) is 5.91 Å². The topological polar surface area (TPSA) is 79.3 Å². The number of hydrogen-bond acceptors (Lipinski definition) is 3. The van der Waals surface area contributed by atoms with Crippen LogP contribution in [0.3, 0.4) is 0 Å². The molecule has 2 N–H and O–H groups in total. The van der Waals surface area contributed by atoms with Gasteiger partial charge in [-0.3, -0.25) is 14.6 Å². The van der Waals surface area contributed by atoms with Crippen LogP contribution in [0.1, 0.15) is 80.8 Å². The van der Waals surface area contributed by atoms with Crippen LogP contribution in [-0.4, -0.2) is 28.5 Å². The molecule has 0 aromatic carbocycles. The van der Waals surface area contributed by atoms with Crippen LogP contribution in [0.15, 0.2) is 18.3 Å². The normalized spacial score (nSPS) is 10.5. The Hall–Kier alpha value is -1.91. The standard InChI is InChI=1S/C19H30N2O3/c1-2-3-4-5-6-7-8-9-10-16-11-12-17(21-15-16)19(24)20-14-13-18(22)23/h11-12,15H,2-10,13-14H2,1H3,(H,20,24)(H,22,23). The quantitative estimate of drug-likeness (QED) is 0.535. The highest BCUT2D eigenvalue weighted by molar-refractivity contribution is 5.92. The molecule has 0 aliphatic carbocycles. The number of aromatic nitrogens is 1. The Morgan fingerprint density at radius 2 is 1.71 bits per heavy atom. The number of amides is 1. The van der Waals surface area contributed by atoms with Crippen molar-refractivity contribution in [2.75, 3.05) is 6.54 Å². The van der Waals surface area contributed by atoms with Crippen molar-refractivity contribution in [3.8, 4) is 0 Å². The molecule has 24 heavy (non-hydrogen) atoms. The van der Waals surface area contributed by atoms with E-state index in [9.17, 15) is 9.59 Å². The number of carboxylic acid groups (broad SMARTS) is 1. The van der Waals surface area contributed by atoms with E-state index in [1.54, 1.807) is 12.3 Å². The van der Waals surface area contributed by atoms with E-state index in [4.69, 9.17) is 5.11 Å². The van der Waals surface area contributed by atoms with Gasteiger partial charge in [0, 0.05) is 12.7 Å². The summed E-state index contributed by atoms with van der Waals surface area (Å²) in [6.07, 6.45) is 13.0. The minimum Gasteiger partial charge on any atom is -0.481 e. The largest absolute Gasteiger partial charge is 0.481 e. The summed E-state index contributed by atoms with van der Waals surface area (Å²) < 4.78 is 0. The second-order valence-corrected chi connectivity index (χ2v) is 6.18. The van der Waals surface area contributed by atoms with Crippen LogP contribution < -0.4 is 5.32 Å². The van der Waals surface area contributed by atoms with Gasteiger partial charge in [0.2, 0.25) is 0 Å². The molecule has 0 saturated carbocycles. The van der Waals surface area contributed by atoms with Crippen molar-refractivity contribution in [2.45, 2.75) is 71.1 Å². The number of pyridine rings is 1. The fourth-order valence-electron chi connectivity index (χ4n) is 2.54. The molecular formula is C19H30N2O3. The molecule has 0 spiro atoms. The predicted molar refractivity (Wildman–Crippen MR) is 95.1 cm³/mol. The summed E-state index contributed by atoms with van der Waals surface area (Å²) in [4.78, 5) is 26.4. The summed E-state index contributed by atoms with van der Waals surface area (Å²) in [7, 11) is 0. The van der Waals surface area contributed by atoms with Crippen molar-refractivity contribution < 1.29 is 14.7 Å². The zero-order valence-electron chi connectivity index (χ0n) is 14.7. The molecule has 0 aliphatic rings. The molecular weight excluding hydrogens is 304 g/mol. The average molecular weight is 334 g/mol. The van der Waals surface area contributed by atoms with Crippen molar-refractivity contribution in [2.24, 2.45) is 0 Å². The van der Waals surface area contributed by atoms with Crippen molar-refractivity contribution in [3.63, 3.8) is 0 Å². The number of nitrogens with zero attached hydrogens (tertiary/aromatic N) is 1. The van der Waals surface area contributed by atoms with Crippen LogP contribution in [0.4, 0.5) is 0 Å². The highest BCUT2D eigenvalue weighted by Crippen LogP contribution is 2.11. The second kappa shape index (κ2) is 12.5. The van der Waals surface area contributed by atoms with Gasteiger partial charge in [-0.15, -0.1) is 0 Å². The molecule has 0 atom stereocenters. The van der Waals surface area contributed by atoms with Gasteiger partial charge in [0.05, 0.1) is 6.42 Å². The number of carbonyl (C=O) groups excluding carboxylic acids is 1. The molecule has 0 aliphatic heterocycles. The minimum absolute atomic E-state index is 0.0811. The van der Waals surface area contributed by atoms with E-state index in [0.29, 0.717) is 5.69 Å². The average Bonchev–Trinajstić information content (AvgIpc) is 2.57. The maximum Gasteiger partial charge on any atom is 0.305 e. The molecule has 1 aromatic rings. The fraction of sp³-hybridized carbons (Fsp3) is 0.632. The Kier molecular flexibility index (Phi) is 10.5. The number of hydrogen-bond donors (Lipinski definition) is 2. The van der Waals surface area contributed by atoms with Gasteiger partial charge in [0.15, 0.2) is 0 Å². The summed E-state index contributed by atoms with van der Waals surface area (Å²) in [5.74, 6) is -1.25. The SMILES string of the molecule is CCCCCCCCCCc1ccc(C(=O)NCCC(=O)O)nc1. The van der Waals surface area contributed by atoms with E-state index < -0.39 is 5.97 Å². The lowest BCUT2D eigenvalue weighted by Crippen LogP contribution is -2.26. The van der Waals surface area contributed by atoms with E-state index in [2.05, 4.69) is 17.2 Å². The first-order valence-electron chi connectivity index (χ1n) is 9.08. The summed E-state index contributed by atoms with van der Waals surface area (Å²) in [5, 5.41) is 11.1. The summed E-state index contributed by atoms with van der Waals surface area (Å²) in [6, 6.07) is 3.64. The van der Waals surface area contributed by atoms with E-state index in [0.717, 1.165) is 18.4 Å². The zero-order chi connectivity index (χ0) is 17.6. The first-order chi connectivity index (χ1) is 11.6. The molecule has 0 bridgehead atoms. The molecule has 5 nitrogen and oxygen atoms in total. The maximum absolute atomic E-state index is 11.8. The molecule has 5 heteroatoms. The fourth-order valence-corrected chi connectivity index (χ4v) is 2.54. The minimum atomic E-state index is -0.927. The van der Waals surface area contributed by atoms with Crippen molar-refractivity contribution >= 4 is 11.9 Å². The number of carbonyl (C=O) groups is 2. The molecule has 0 saturated heterocycles. The van der Waals surface area contributed by atoms with E-state index in [1.807, 2.05) is 6.07 Å². The number of unbranched alkanes of at least 4 members (excludes halogenated alkanes) is 7. The number of nitrogens with one attached hydrogen (secondary N) is 1. The van der Waals surface area contributed by atoms with E-state index >= 15 is 0 Å². The van der Waals surface area contributed by atoms with E-state index in [-0.39, 0.29) is 18.9 Å². The van der Waals surface area contributed by atoms with Gasteiger partial charge < -0.3 is 10.4 Å². The zero-order valence-corrected chi connectivity index (χ0v) is 14.7. The molecule has 1 heterocycles. The first kappa shape index (κ1) is 20.1. The van der Waals surface area contributed by atoms with Crippen LogP contribution in [0.5, 0.6) is 0 Å². The smallest absolute Gasteiger partial charge is 0.305 e. The third-order valence-corrected chi connectivity index (χ3v) is 4.00. The van der Waals surface area contributed by atoms with Crippen molar-refractivity contribution in [1.29, 1.82) is 0 Å². The molecule has 0 radical (unpaired) electrons. The van der Waals surface area contributed by atoms with Crippen LogP contribution in [0, 0.1) is 0 Å². The number of aliphatic carboxylic acids is 1. The molecule has 134 valence electrons. The Balaban J connectivity index is 2.17. The molecule has 1 aromatic heterocycles. The lowest BCUT2D eigenvalue weighted by Gasteiger charge is -2.05. The molecule has 0 fully saturated rings. The Morgan fingerprint density at radius 3 is 2.29 bits per heavy atom. The lowest BCUT2D eigenvalue weighted by molar-refractivity contribution is -0.136. The van der Waals surface area contributed by atoms with Crippen molar-refractivity contribution in [3.05, 3.63) is 29.6 Å². The van der Waals surface area contributed by atoms with Crippen LogP contribution in [0.25, 0.3) is 0 Å². The molecule has 1 amide bonds. The lowest BCUT2D eigenvalue weighted by atomic mass is 10.0. The third kappa shape index (κ3) is 9.28. The molecule has 0 unspecified atom stereocenters. The van der Waals surface area contributed by atoms with E-state index in [1.165, 1.54) is 44.9 Å².